The zero-order valence-electron chi connectivity index (χ0n) is 9.97. The van der Waals surface area contributed by atoms with Gasteiger partial charge in [-0.25, -0.2) is 0 Å². The average Bonchev–Trinajstić information content (AvgIpc) is 2.39. The van der Waals surface area contributed by atoms with Crippen LogP contribution in [0.5, 0.6) is 0 Å². The highest BCUT2D eigenvalue weighted by Crippen LogP contribution is 2.25. The largest absolute Gasteiger partial charge is 0.330 e. The van der Waals surface area contributed by atoms with Crippen molar-refractivity contribution in [2.45, 2.75) is 25.8 Å². The number of likely N-dealkylation sites (tertiary alicyclic amines) is 1. The number of nitrogens with zero attached hydrogens (tertiary/aromatic N) is 2. The molecule has 1 fully saturated rings. The molecular formula is C13H21N3. The quantitative estimate of drug-likeness (QED) is 0.843. The highest BCUT2D eigenvalue weighted by molar-refractivity contribution is 5.13. The molecule has 1 saturated heterocycles. The van der Waals surface area contributed by atoms with Gasteiger partial charge in [-0.05, 0) is 56.9 Å². The minimum Gasteiger partial charge on any atom is -0.330 e. The molecule has 0 bridgehead atoms. The van der Waals surface area contributed by atoms with Gasteiger partial charge in [-0.1, -0.05) is 6.07 Å². The Morgan fingerprint density at radius 3 is 2.81 bits per heavy atom. The van der Waals surface area contributed by atoms with Gasteiger partial charge in [0.25, 0.3) is 0 Å². The van der Waals surface area contributed by atoms with Crippen molar-refractivity contribution in [1.82, 2.24) is 9.88 Å². The second kappa shape index (κ2) is 5.41. The summed E-state index contributed by atoms with van der Waals surface area (Å²) in [6.07, 6.45) is 6.28. The Morgan fingerprint density at radius 1 is 1.50 bits per heavy atom. The van der Waals surface area contributed by atoms with Crippen LogP contribution in [-0.4, -0.2) is 29.5 Å². The molecule has 2 N–H and O–H groups in total. The standard InChI is InChI=1S/C13H21N3/c1-11(13-3-2-6-15-10-13)16-7-4-12(9-14)5-8-16/h2-3,6,10-12H,4-5,7-9,14H2,1H3. The van der Waals surface area contributed by atoms with Crippen molar-refractivity contribution >= 4 is 0 Å². The van der Waals surface area contributed by atoms with Crippen LogP contribution in [0, 0.1) is 5.92 Å². The molecule has 1 aromatic heterocycles. The molecule has 0 saturated carbocycles. The number of rotatable bonds is 3. The van der Waals surface area contributed by atoms with Crippen LogP contribution < -0.4 is 5.73 Å². The Labute approximate surface area is 97.7 Å². The van der Waals surface area contributed by atoms with Crippen LogP contribution >= 0.6 is 0 Å². The number of pyridine rings is 1. The number of hydrogen-bond donors (Lipinski definition) is 1. The van der Waals surface area contributed by atoms with Crippen LogP contribution in [0.2, 0.25) is 0 Å². The fourth-order valence-electron chi connectivity index (χ4n) is 2.41. The van der Waals surface area contributed by atoms with E-state index >= 15 is 0 Å². The Morgan fingerprint density at radius 2 is 2.25 bits per heavy atom. The zero-order chi connectivity index (χ0) is 11.4. The third-order valence-corrected chi connectivity index (χ3v) is 3.70. The number of hydrogen-bond acceptors (Lipinski definition) is 3. The van der Waals surface area contributed by atoms with E-state index in [0.29, 0.717) is 6.04 Å². The highest BCUT2D eigenvalue weighted by Gasteiger charge is 2.22. The SMILES string of the molecule is CC(c1cccnc1)N1CCC(CN)CC1. The van der Waals surface area contributed by atoms with Gasteiger partial charge in [-0.3, -0.25) is 9.88 Å². The number of piperidine rings is 1. The van der Waals surface area contributed by atoms with Gasteiger partial charge in [0, 0.05) is 18.4 Å². The van der Waals surface area contributed by atoms with E-state index < -0.39 is 0 Å². The molecule has 2 heterocycles. The predicted molar refractivity (Wildman–Crippen MR) is 66.0 cm³/mol. The Kier molecular flexibility index (Phi) is 3.91. The Balaban J connectivity index is 1.94. The number of nitrogens with two attached hydrogens (primary N) is 1. The molecule has 1 aromatic rings. The van der Waals surface area contributed by atoms with Crippen LogP contribution in [0.3, 0.4) is 0 Å². The third kappa shape index (κ3) is 2.60. The van der Waals surface area contributed by atoms with Crippen molar-refractivity contribution in [3.8, 4) is 0 Å². The molecule has 0 aliphatic carbocycles. The monoisotopic (exact) mass is 219 g/mol. The van der Waals surface area contributed by atoms with E-state index in [0.717, 1.165) is 25.6 Å². The Hall–Kier alpha value is -0.930. The lowest BCUT2D eigenvalue weighted by Gasteiger charge is -2.35. The van der Waals surface area contributed by atoms with E-state index in [2.05, 4.69) is 22.9 Å². The first kappa shape index (κ1) is 11.6. The minimum atomic E-state index is 0.479. The molecule has 0 aromatic carbocycles. The van der Waals surface area contributed by atoms with Crippen molar-refractivity contribution in [3.05, 3.63) is 30.1 Å². The molecule has 1 aliphatic heterocycles. The maximum atomic E-state index is 5.71. The van der Waals surface area contributed by atoms with Gasteiger partial charge in [0.05, 0.1) is 0 Å². The summed E-state index contributed by atoms with van der Waals surface area (Å²) in [4.78, 5) is 6.72. The molecule has 3 nitrogen and oxygen atoms in total. The predicted octanol–water partition coefficient (Wildman–Crippen LogP) is 1.81. The molecule has 0 radical (unpaired) electrons. The van der Waals surface area contributed by atoms with Gasteiger partial charge in [0.2, 0.25) is 0 Å². The molecular weight excluding hydrogens is 198 g/mol. The summed E-state index contributed by atoms with van der Waals surface area (Å²) in [5.41, 5.74) is 7.02. The van der Waals surface area contributed by atoms with E-state index in [1.54, 1.807) is 0 Å². The molecule has 3 heteroatoms. The van der Waals surface area contributed by atoms with Gasteiger partial charge >= 0.3 is 0 Å². The first-order valence-electron chi connectivity index (χ1n) is 6.15. The van der Waals surface area contributed by atoms with Gasteiger partial charge in [0.1, 0.15) is 0 Å². The van der Waals surface area contributed by atoms with Gasteiger partial charge in [-0.2, -0.15) is 0 Å². The lowest BCUT2D eigenvalue weighted by Crippen LogP contribution is -2.37. The molecule has 88 valence electrons. The van der Waals surface area contributed by atoms with Gasteiger partial charge in [-0.15, -0.1) is 0 Å². The van der Waals surface area contributed by atoms with Crippen LogP contribution in [0.1, 0.15) is 31.4 Å². The second-order valence-electron chi connectivity index (χ2n) is 4.68. The average molecular weight is 219 g/mol. The molecule has 2 rings (SSSR count). The summed E-state index contributed by atoms with van der Waals surface area (Å²) < 4.78 is 0. The summed E-state index contributed by atoms with van der Waals surface area (Å²) >= 11 is 0. The van der Waals surface area contributed by atoms with Crippen LogP contribution in [0.4, 0.5) is 0 Å². The molecule has 0 spiro atoms. The number of aromatic nitrogens is 1. The van der Waals surface area contributed by atoms with Crippen LogP contribution in [0.15, 0.2) is 24.5 Å². The smallest absolute Gasteiger partial charge is 0.0335 e. The third-order valence-electron chi connectivity index (χ3n) is 3.70. The van der Waals surface area contributed by atoms with E-state index in [1.807, 2.05) is 18.5 Å². The van der Waals surface area contributed by atoms with E-state index in [-0.39, 0.29) is 0 Å². The molecule has 0 amide bonds. The minimum absolute atomic E-state index is 0.479. The van der Waals surface area contributed by atoms with Crippen molar-refractivity contribution < 1.29 is 0 Å². The fourth-order valence-corrected chi connectivity index (χ4v) is 2.41. The van der Waals surface area contributed by atoms with E-state index in [9.17, 15) is 0 Å². The normalized spacial score (nSPS) is 20.9. The summed E-state index contributed by atoms with van der Waals surface area (Å²) in [6.45, 7) is 5.44. The zero-order valence-corrected chi connectivity index (χ0v) is 9.97. The first-order chi connectivity index (χ1) is 7.81. The first-order valence-corrected chi connectivity index (χ1v) is 6.15. The van der Waals surface area contributed by atoms with Crippen molar-refractivity contribution in [1.29, 1.82) is 0 Å². The van der Waals surface area contributed by atoms with Crippen molar-refractivity contribution in [2.24, 2.45) is 11.7 Å². The van der Waals surface area contributed by atoms with E-state index in [1.165, 1.54) is 18.4 Å². The Bertz CT molecular complexity index is 304. The van der Waals surface area contributed by atoms with Gasteiger partial charge in [0.15, 0.2) is 0 Å². The fraction of sp³-hybridized carbons (Fsp3) is 0.615. The molecule has 1 atom stereocenters. The van der Waals surface area contributed by atoms with Crippen LogP contribution in [-0.2, 0) is 0 Å². The summed E-state index contributed by atoms with van der Waals surface area (Å²) in [7, 11) is 0. The maximum Gasteiger partial charge on any atom is 0.0335 e. The molecule has 1 unspecified atom stereocenters. The summed E-state index contributed by atoms with van der Waals surface area (Å²) in [5.74, 6) is 0.734. The maximum absolute atomic E-state index is 5.71. The highest BCUT2D eigenvalue weighted by atomic mass is 15.2. The topological polar surface area (TPSA) is 42.2 Å². The summed E-state index contributed by atoms with van der Waals surface area (Å²) in [6, 6.07) is 4.65. The lowest BCUT2D eigenvalue weighted by molar-refractivity contribution is 0.143. The van der Waals surface area contributed by atoms with Gasteiger partial charge < -0.3 is 5.73 Å². The van der Waals surface area contributed by atoms with Crippen molar-refractivity contribution in [3.63, 3.8) is 0 Å². The molecule has 16 heavy (non-hydrogen) atoms. The second-order valence-corrected chi connectivity index (χ2v) is 4.68. The lowest BCUT2D eigenvalue weighted by atomic mass is 9.95. The summed E-state index contributed by atoms with van der Waals surface area (Å²) in [5, 5.41) is 0. The molecule has 1 aliphatic rings. The van der Waals surface area contributed by atoms with Crippen LogP contribution in [0.25, 0.3) is 0 Å². The van der Waals surface area contributed by atoms with E-state index in [4.69, 9.17) is 5.73 Å². The van der Waals surface area contributed by atoms with Crippen molar-refractivity contribution in [2.75, 3.05) is 19.6 Å².